The number of hydrogen-bond acceptors (Lipinski definition) is 3. The predicted molar refractivity (Wildman–Crippen MR) is 71.4 cm³/mol. The number of aryl methyl sites for hydroxylation is 1. The fraction of sp³-hybridized carbons (Fsp3) is 0.429. The molecule has 5 nitrogen and oxygen atoms in total. The highest BCUT2D eigenvalue weighted by molar-refractivity contribution is 6.10. The summed E-state index contributed by atoms with van der Waals surface area (Å²) in [7, 11) is 5.47. The summed E-state index contributed by atoms with van der Waals surface area (Å²) in [4.78, 5) is 25.6. The zero-order valence-corrected chi connectivity index (χ0v) is 11.4. The smallest absolute Gasteiger partial charge is 0.337 e. The number of hydrogen-bond donors (Lipinski definition) is 1. The zero-order chi connectivity index (χ0) is 14.2. The van der Waals surface area contributed by atoms with E-state index in [1.807, 2.05) is 25.2 Å². The Bertz CT molecular complexity index is 567. The van der Waals surface area contributed by atoms with Gasteiger partial charge in [0.15, 0.2) is 0 Å². The Balaban J connectivity index is 2.55. The predicted octanol–water partition coefficient (Wildman–Crippen LogP) is 1.69. The normalized spacial score (nSPS) is 17.2. The fourth-order valence-electron chi connectivity index (χ4n) is 2.57. The zero-order valence-electron chi connectivity index (χ0n) is 11.4. The van der Waals surface area contributed by atoms with E-state index in [4.69, 9.17) is 0 Å². The standard InChI is InChI=1S/C14H18N2O3/c1-15(2)7-9-5-4-6-10-11(14(18)19)8-16(3)12(10)13(9)17/h7-8H,4-6H2,1-3H3,(H,18,19)/b9-7+. The molecule has 0 radical (unpaired) electrons. The first-order chi connectivity index (χ1) is 8.91. The Morgan fingerprint density at radius 2 is 2.11 bits per heavy atom. The van der Waals surface area contributed by atoms with Gasteiger partial charge in [0.25, 0.3) is 0 Å². The van der Waals surface area contributed by atoms with E-state index in [1.54, 1.807) is 11.6 Å². The molecule has 0 aromatic carbocycles. The lowest BCUT2D eigenvalue weighted by Crippen LogP contribution is -2.12. The monoisotopic (exact) mass is 262 g/mol. The second-order valence-corrected chi connectivity index (χ2v) is 5.09. The number of carboxylic acid groups (broad SMARTS) is 1. The Labute approximate surface area is 112 Å². The summed E-state index contributed by atoms with van der Waals surface area (Å²) in [5, 5.41) is 9.20. The topological polar surface area (TPSA) is 62.5 Å². The third-order valence-corrected chi connectivity index (χ3v) is 3.31. The molecule has 1 aliphatic carbocycles. The summed E-state index contributed by atoms with van der Waals surface area (Å²) in [5.41, 5.74) is 2.17. The van der Waals surface area contributed by atoms with Gasteiger partial charge in [0.2, 0.25) is 5.78 Å². The summed E-state index contributed by atoms with van der Waals surface area (Å²) in [5.74, 6) is -1.03. The molecule has 1 aromatic heterocycles. The third-order valence-electron chi connectivity index (χ3n) is 3.31. The van der Waals surface area contributed by atoms with Gasteiger partial charge in [-0.25, -0.2) is 4.79 Å². The number of aromatic carboxylic acids is 1. The Morgan fingerprint density at radius 3 is 2.68 bits per heavy atom. The van der Waals surface area contributed by atoms with E-state index in [2.05, 4.69) is 0 Å². The van der Waals surface area contributed by atoms with Crippen molar-refractivity contribution in [2.24, 2.45) is 7.05 Å². The average molecular weight is 262 g/mol. The van der Waals surface area contributed by atoms with Crippen LogP contribution >= 0.6 is 0 Å². The summed E-state index contributed by atoms with van der Waals surface area (Å²) in [6.45, 7) is 0. The SMILES string of the molecule is CN(C)/C=C1\CCCc2c(C(=O)O)cn(C)c2C1=O. The second-order valence-electron chi connectivity index (χ2n) is 5.09. The quantitative estimate of drug-likeness (QED) is 0.650. The minimum Gasteiger partial charge on any atom is -0.478 e. The number of ketones is 1. The van der Waals surface area contributed by atoms with Crippen molar-refractivity contribution in [2.75, 3.05) is 14.1 Å². The molecule has 19 heavy (non-hydrogen) atoms. The van der Waals surface area contributed by atoms with Crippen molar-refractivity contribution < 1.29 is 14.7 Å². The lowest BCUT2D eigenvalue weighted by atomic mass is 10.1. The molecule has 0 atom stereocenters. The fourth-order valence-corrected chi connectivity index (χ4v) is 2.57. The van der Waals surface area contributed by atoms with Gasteiger partial charge in [0, 0.05) is 39.1 Å². The van der Waals surface area contributed by atoms with Gasteiger partial charge in [-0.05, 0) is 24.8 Å². The average Bonchev–Trinajstić information content (AvgIpc) is 2.55. The third kappa shape index (κ3) is 2.41. The molecule has 0 saturated carbocycles. The summed E-state index contributed by atoms with van der Waals surface area (Å²) in [6.07, 6.45) is 5.47. The number of aromatic nitrogens is 1. The van der Waals surface area contributed by atoms with Crippen LogP contribution in [-0.4, -0.2) is 40.4 Å². The van der Waals surface area contributed by atoms with Crippen LogP contribution in [0.1, 0.15) is 39.3 Å². The Hall–Kier alpha value is -2.04. The Kier molecular flexibility index (Phi) is 3.46. The first kappa shape index (κ1) is 13.4. The van der Waals surface area contributed by atoms with Gasteiger partial charge >= 0.3 is 5.97 Å². The summed E-state index contributed by atoms with van der Waals surface area (Å²) < 4.78 is 1.63. The van der Waals surface area contributed by atoms with Crippen LogP contribution in [0, 0.1) is 0 Å². The molecule has 1 aromatic rings. The van der Waals surface area contributed by atoms with Gasteiger partial charge in [0.05, 0.1) is 11.3 Å². The highest BCUT2D eigenvalue weighted by atomic mass is 16.4. The van der Waals surface area contributed by atoms with Crippen LogP contribution in [0.2, 0.25) is 0 Å². The maximum absolute atomic E-state index is 12.5. The number of rotatable bonds is 2. The van der Waals surface area contributed by atoms with E-state index < -0.39 is 5.97 Å². The highest BCUT2D eigenvalue weighted by Crippen LogP contribution is 2.28. The number of carboxylic acids is 1. The van der Waals surface area contributed by atoms with Gasteiger partial charge in [-0.1, -0.05) is 0 Å². The first-order valence-corrected chi connectivity index (χ1v) is 6.25. The van der Waals surface area contributed by atoms with Crippen LogP contribution in [0.4, 0.5) is 0 Å². The van der Waals surface area contributed by atoms with Crippen LogP contribution in [0.25, 0.3) is 0 Å². The van der Waals surface area contributed by atoms with Crippen molar-refractivity contribution in [3.63, 3.8) is 0 Å². The molecular formula is C14H18N2O3. The van der Waals surface area contributed by atoms with E-state index in [1.165, 1.54) is 6.20 Å². The van der Waals surface area contributed by atoms with Gasteiger partial charge < -0.3 is 14.6 Å². The van der Waals surface area contributed by atoms with Crippen molar-refractivity contribution in [2.45, 2.75) is 19.3 Å². The highest BCUT2D eigenvalue weighted by Gasteiger charge is 2.28. The van der Waals surface area contributed by atoms with E-state index in [-0.39, 0.29) is 11.3 Å². The molecule has 0 amide bonds. The lowest BCUT2D eigenvalue weighted by Gasteiger charge is -2.10. The van der Waals surface area contributed by atoms with Crippen molar-refractivity contribution in [1.29, 1.82) is 0 Å². The second kappa shape index (κ2) is 4.91. The summed E-state index contributed by atoms with van der Waals surface area (Å²) in [6, 6.07) is 0. The van der Waals surface area contributed by atoms with Crippen molar-refractivity contribution in [1.82, 2.24) is 9.47 Å². The molecule has 1 aliphatic rings. The van der Waals surface area contributed by atoms with Crippen LogP contribution in [0.3, 0.4) is 0 Å². The van der Waals surface area contributed by atoms with Gasteiger partial charge in [-0.15, -0.1) is 0 Å². The molecule has 2 rings (SSSR count). The molecule has 0 aliphatic heterocycles. The van der Waals surface area contributed by atoms with E-state index >= 15 is 0 Å². The van der Waals surface area contributed by atoms with Gasteiger partial charge in [0.1, 0.15) is 0 Å². The first-order valence-electron chi connectivity index (χ1n) is 6.25. The number of fused-ring (bicyclic) bond motifs is 1. The minimum atomic E-state index is -0.968. The molecule has 0 spiro atoms. The molecule has 1 heterocycles. The minimum absolute atomic E-state index is 0.0591. The van der Waals surface area contributed by atoms with Crippen LogP contribution in [0.15, 0.2) is 18.0 Å². The number of carbonyl (C=O) groups is 2. The van der Waals surface area contributed by atoms with E-state index in [0.717, 1.165) is 12.0 Å². The number of allylic oxidation sites excluding steroid dienone is 1. The maximum atomic E-state index is 12.5. The number of nitrogens with zero attached hydrogens (tertiary/aromatic N) is 2. The number of Topliss-reactive ketones (excluding diaryl/α,β-unsaturated/α-hetero) is 1. The van der Waals surface area contributed by atoms with Gasteiger partial charge in [-0.3, -0.25) is 4.79 Å². The molecule has 0 unspecified atom stereocenters. The van der Waals surface area contributed by atoms with Crippen molar-refractivity contribution in [3.05, 3.63) is 34.8 Å². The Morgan fingerprint density at radius 1 is 1.42 bits per heavy atom. The number of carbonyl (C=O) groups excluding carboxylic acids is 1. The van der Waals surface area contributed by atoms with Crippen LogP contribution in [-0.2, 0) is 13.5 Å². The molecule has 1 N–H and O–H groups in total. The lowest BCUT2D eigenvalue weighted by molar-refractivity contribution is 0.0695. The molecule has 5 heteroatoms. The van der Waals surface area contributed by atoms with Crippen LogP contribution < -0.4 is 0 Å². The largest absolute Gasteiger partial charge is 0.478 e. The maximum Gasteiger partial charge on any atom is 0.337 e. The van der Waals surface area contributed by atoms with Crippen molar-refractivity contribution in [3.8, 4) is 0 Å². The summed E-state index contributed by atoms with van der Waals surface area (Å²) >= 11 is 0. The molecule has 0 saturated heterocycles. The van der Waals surface area contributed by atoms with Crippen molar-refractivity contribution >= 4 is 11.8 Å². The molecule has 102 valence electrons. The molecule has 0 fully saturated rings. The molecular weight excluding hydrogens is 244 g/mol. The van der Waals surface area contributed by atoms with Crippen LogP contribution in [0.5, 0.6) is 0 Å². The van der Waals surface area contributed by atoms with Gasteiger partial charge in [-0.2, -0.15) is 0 Å². The van der Waals surface area contributed by atoms with E-state index in [0.29, 0.717) is 24.1 Å². The molecule has 0 bridgehead atoms. The van der Waals surface area contributed by atoms with E-state index in [9.17, 15) is 14.7 Å².